The Hall–Kier alpha value is -6.38. The van der Waals surface area contributed by atoms with E-state index in [-0.39, 0.29) is 0 Å². The van der Waals surface area contributed by atoms with Crippen LogP contribution in [0.4, 0.5) is 34.1 Å². The molecular formula is C49H38N2. The maximum atomic E-state index is 2.38. The van der Waals surface area contributed by atoms with E-state index in [1.807, 2.05) is 0 Å². The molecule has 0 aliphatic heterocycles. The monoisotopic (exact) mass is 654 g/mol. The van der Waals surface area contributed by atoms with E-state index >= 15 is 0 Å². The molecule has 0 amide bonds. The number of fused-ring (bicyclic) bond motifs is 4. The van der Waals surface area contributed by atoms with Crippen molar-refractivity contribution in [2.75, 3.05) is 9.80 Å². The third-order valence-corrected chi connectivity index (χ3v) is 10.1. The fraction of sp³-hybridized carbons (Fsp3) is 0.0612. The van der Waals surface area contributed by atoms with Gasteiger partial charge in [-0.25, -0.2) is 0 Å². The second kappa shape index (κ2) is 12.8. The van der Waals surface area contributed by atoms with Crippen LogP contribution < -0.4 is 9.80 Å². The molecule has 0 saturated heterocycles. The third-order valence-electron chi connectivity index (χ3n) is 10.1. The highest BCUT2D eigenvalue weighted by molar-refractivity contribution is 6.02. The Labute approximate surface area is 299 Å². The van der Waals surface area contributed by atoms with Crippen molar-refractivity contribution in [2.24, 2.45) is 0 Å². The van der Waals surface area contributed by atoms with Gasteiger partial charge in [-0.15, -0.1) is 0 Å². The zero-order chi connectivity index (χ0) is 34.3. The maximum absolute atomic E-state index is 2.38. The van der Waals surface area contributed by atoms with Crippen molar-refractivity contribution in [1.29, 1.82) is 0 Å². The summed E-state index contributed by atoms with van der Waals surface area (Å²) in [6, 6.07) is 68.7. The van der Waals surface area contributed by atoms with Crippen molar-refractivity contribution in [3.05, 3.63) is 194 Å². The Morgan fingerprint density at radius 3 is 1.06 bits per heavy atom. The molecule has 9 aromatic rings. The second-order valence-corrected chi connectivity index (χ2v) is 13.7. The Balaban J connectivity index is 1.14. The van der Waals surface area contributed by atoms with E-state index in [0.29, 0.717) is 5.92 Å². The molecule has 0 N–H and O–H groups in total. The van der Waals surface area contributed by atoms with Crippen LogP contribution in [-0.4, -0.2) is 0 Å². The van der Waals surface area contributed by atoms with Gasteiger partial charge in [-0.05, 0) is 140 Å². The van der Waals surface area contributed by atoms with E-state index in [1.165, 1.54) is 48.7 Å². The van der Waals surface area contributed by atoms with E-state index in [4.69, 9.17) is 0 Å². The van der Waals surface area contributed by atoms with Crippen molar-refractivity contribution in [3.63, 3.8) is 0 Å². The van der Waals surface area contributed by atoms with Crippen LogP contribution in [-0.2, 0) is 0 Å². The van der Waals surface area contributed by atoms with Crippen molar-refractivity contribution >= 4 is 77.2 Å². The minimum absolute atomic E-state index is 0.481. The largest absolute Gasteiger partial charge is 0.310 e. The lowest BCUT2D eigenvalue weighted by Gasteiger charge is -2.27. The van der Waals surface area contributed by atoms with Crippen LogP contribution in [0.3, 0.4) is 0 Å². The normalized spacial score (nSPS) is 11.5. The topological polar surface area (TPSA) is 6.48 Å². The third kappa shape index (κ3) is 5.85. The molecular weight excluding hydrogens is 617 g/mol. The van der Waals surface area contributed by atoms with Crippen molar-refractivity contribution in [1.82, 2.24) is 0 Å². The standard InChI is InChI=1S/C49H38N2/c1-34(2)35-16-22-45(23-17-35)51(47-25-19-37-11-7-9-13-39(37)31-47)49-27-21-41-28-42-32-48(26-20-40(42)29-43(41)33-49)50(44-14-4-3-5-15-44)46-24-18-36-10-6-8-12-38(36)30-46/h3-34H,1-2H3. The van der Waals surface area contributed by atoms with Gasteiger partial charge in [0.25, 0.3) is 0 Å². The van der Waals surface area contributed by atoms with E-state index in [1.54, 1.807) is 0 Å². The average Bonchev–Trinajstić information content (AvgIpc) is 3.18. The summed E-state index contributed by atoms with van der Waals surface area (Å²) in [6.45, 7) is 4.49. The molecule has 0 bridgehead atoms. The molecule has 51 heavy (non-hydrogen) atoms. The Morgan fingerprint density at radius 1 is 0.275 bits per heavy atom. The fourth-order valence-electron chi connectivity index (χ4n) is 7.36. The van der Waals surface area contributed by atoms with Gasteiger partial charge < -0.3 is 9.80 Å². The lowest BCUT2D eigenvalue weighted by Crippen LogP contribution is -2.10. The summed E-state index contributed by atoms with van der Waals surface area (Å²) in [4.78, 5) is 4.73. The van der Waals surface area contributed by atoms with Gasteiger partial charge in [-0.1, -0.05) is 117 Å². The minimum Gasteiger partial charge on any atom is -0.310 e. The van der Waals surface area contributed by atoms with Crippen LogP contribution in [0.1, 0.15) is 25.3 Å². The van der Waals surface area contributed by atoms with Gasteiger partial charge in [-0.2, -0.15) is 0 Å². The summed E-state index contributed by atoms with van der Waals surface area (Å²) < 4.78 is 0. The second-order valence-electron chi connectivity index (χ2n) is 13.7. The van der Waals surface area contributed by atoms with Crippen molar-refractivity contribution in [2.45, 2.75) is 19.8 Å². The first-order valence-electron chi connectivity index (χ1n) is 17.8. The highest BCUT2D eigenvalue weighted by atomic mass is 15.1. The molecule has 2 nitrogen and oxygen atoms in total. The smallest absolute Gasteiger partial charge is 0.0468 e. The predicted molar refractivity (Wildman–Crippen MR) is 220 cm³/mol. The predicted octanol–water partition coefficient (Wildman–Crippen LogP) is 14.4. The van der Waals surface area contributed by atoms with Crippen LogP contribution in [0.2, 0.25) is 0 Å². The molecule has 0 fully saturated rings. The number of rotatable bonds is 7. The molecule has 0 aliphatic rings. The first-order chi connectivity index (χ1) is 25.1. The molecule has 244 valence electrons. The Kier molecular flexibility index (Phi) is 7.71. The number of nitrogens with zero attached hydrogens (tertiary/aromatic N) is 2. The lowest BCUT2D eigenvalue weighted by atomic mass is 10.0. The molecule has 0 spiro atoms. The van der Waals surface area contributed by atoms with E-state index in [2.05, 4.69) is 212 Å². The summed E-state index contributed by atoms with van der Waals surface area (Å²) in [5, 5.41) is 9.80. The number of benzene rings is 9. The quantitative estimate of drug-likeness (QED) is 0.158. The number of hydrogen-bond donors (Lipinski definition) is 0. The fourth-order valence-corrected chi connectivity index (χ4v) is 7.36. The van der Waals surface area contributed by atoms with Gasteiger partial charge in [0.2, 0.25) is 0 Å². The first kappa shape index (κ1) is 30.7. The minimum atomic E-state index is 0.481. The molecule has 2 heteroatoms. The molecule has 0 atom stereocenters. The van der Waals surface area contributed by atoms with Gasteiger partial charge in [0, 0.05) is 34.1 Å². The molecule has 0 aromatic heterocycles. The average molecular weight is 655 g/mol. The molecule has 0 heterocycles. The highest BCUT2D eigenvalue weighted by Gasteiger charge is 2.16. The lowest BCUT2D eigenvalue weighted by molar-refractivity contribution is 0.866. The Morgan fingerprint density at radius 2 is 0.608 bits per heavy atom. The molecule has 9 rings (SSSR count). The van der Waals surface area contributed by atoms with Crippen LogP contribution in [0.15, 0.2) is 188 Å². The van der Waals surface area contributed by atoms with Crippen LogP contribution in [0.5, 0.6) is 0 Å². The summed E-state index contributed by atoms with van der Waals surface area (Å²) in [6.07, 6.45) is 0. The number of hydrogen-bond acceptors (Lipinski definition) is 2. The Bertz CT molecular complexity index is 2670. The zero-order valence-electron chi connectivity index (χ0n) is 28.9. The molecule has 0 unspecified atom stereocenters. The number of anilines is 6. The summed E-state index contributed by atoms with van der Waals surface area (Å²) in [5.41, 5.74) is 8.17. The summed E-state index contributed by atoms with van der Waals surface area (Å²) in [7, 11) is 0. The first-order valence-corrected chi connectivity index (χ1v) is 17.8. The van der Waals surface area contributed by atoms with E-state index < -0.39 is 0 Å². The van der Waals surface area contributed by atoms with Gasteiger partial charge in [0.05, 0.1) is 0 Å². The van der Waals surface area contributed by atoms with Crippen LogP contribution in [0, 0.1) is 0 Å². The van der Waals surface area contributed by atoms with Gasteiger partial charge in [0.1, 0.15) is 0 Å². The SMILES string of the molecule is CC(C)c1ccc(N(c2ccc3ccccc3c2)c2ccc3cc4cc(N(c5ccccc5)c5ccc6ccccc6c5)ccc4cc3c2)cc1. The molecule has 9 aromatic carbocycles. The maximum Gasteiger partial charge on any atom is 0.0468 e. The van der Waals surface area contributed by atoms with Gasteiger partial charge in [0.15, 0.2) is 0 Å². The van der Waals surface area contributed by atoms with Crippen molar-refractivity contribution < 1.29 is 0 Å². The van der Waals surface area contributed by atoms with Gasteiger partial charge in [-0.3, -0.25) is 0 Å². The van der Waals surface area contributed by atoms with Crippen molar-refractivity contribution in [3.8, 4) is 0 Å². The summed E-state index contributed by atoms with van der Waals surface area (Å²) in [5.74, 6) is 0.481. The van der Waals surface area contributed by atoms with Gasteiger partial charge >= 0.3 is 0 Å². The van der Waals surface area contributed by atoms with Crippen LogP contribution >= 0.6 is 0 Å². The van der Waals surface area contributed by atoms with E-state index in [9.17, 15) is 0 Å². The van der Waals surface area contributed by atoms with E-state index in [0.717, 1.165) is 34.1 Å². The molecule has 0 saturated carbocycles. The summed E-state index contributed by atoms with van der Waals surface area (Å²) >= 11 is 0. The zero-order valence-corrected chi connectivity index (χ0v) is 28.9. The molecule has 0 aliphatic carbocycles. The van der Waals surface area contributed by atoms with Crippen LogP contribution in [0.25, 0.3) is 43.1 Å². The number of para-hydroxylation sites is 1. The molecule has 0 radical (unpaired) electrons. The highest BCUT2D eigenvalue weighted by Crippen LogP contribution is 2.41.